The number of hydrazine groups is 1. The smallest absolute Gasteiger partial charge is 0.118 e. The molecule has 0 radical (unpaired) electrons. The number of methoxy groups -OCH3 is 1. The summed E-state index contributed by atoms with van der Waals surface area (Å²) in [5, 5.41) is 3.55. The third-order valence-electron chi connectivity index (χ3n) is 3.76. The van der Waals surface area contributed by atoms with Gasteiger partial charge < -0.3 is 10.2 Å². The number of thiocarbonyl (C=S) groups is 1. The molecule has 2 aromatic carbocycles. The minimum Gasteiger partial charge on any atom is -0.497 e. The summed E-state index contributed by atoms with van der Waals surface area (Å²) in [5.41, 5.74) is 8.71. The Morgan fingerprint density at radius 1 is 1.05 bits per heavy atom. The SMILES string of the molecule is COc1ccc(CC2NC(c3ccccc3)NNC2=S)cc1. The highest BCUT2D eigenvalue weighted by Gasteiger charge is 2.25. The van der Waals surface area contributed by atoms with Crippen molar-refractivity contribution in [3.05, 3.63) is 65.7 Å². The van der Waals surface area contributed by atoms with Gasteiger partial charge in [-0.05, 0) is 29.7 Å². The first-order valence-corrected chi connectivity index (χ1v) is 7.66. The van der Waals surface area contributed by atoms with Crippen LogP contribution in [-0.4, -0.2) is 18.1 Å². The fraction of sp³-hybridized carbons (Fsp3) is 0.235. The second kappa shape index (κ2) is 6.87. The van der Waals surface area contributed by atoms with Crippen LogP contribution in [0.1, 0.15) is 17.3 Å². The summed E-state index contributed by atoms with van der Waals surface area (Å²) in [6.45, 7) is 0. The van der Waals surface area contributed by atoms with Gasteiger partial charge in [-0.25, -0.2) is 5.43 Å². The van der Waals surface area contributed by atoms with Crippen molar-refractivity contribution in [3.8, 4) is 5.75 Å². The number of hydrogen-bond donors (Lipinski definition) is 3. The average Bonchev–Trinajstić information content (AvgIpc) is 2.58. The van der Waals surface area contributed by atoms with E-state index in [1.54, 1.807) is 7.11 Å². The van der Waals surface area contributed by atoms with Crippen LogP contribution in [0.4, 0.5) is 0 Å². The molecule has 5 heteroatoms. The Hall–Kier alpha value is -1.95. The minimum absolute atomic E-state index is 0.0381. The maximum absolute atomic E-state index is 5.42. The monoisotopic (exact) mass is 313 g/mol. The third kappa shape index (κ3) is 3.44. The van der Waals surface area contributed by atoms with E-state index in [1.807, 2.05) is 30.3 Å². The quantitative estimate of drug-likeness (QED) is 0.756. The van der Waals surface area contributed by atoms with E-state index >= 15 is 0 Å². The summed E-state index contributed by atoms with van der Waals surface area (Å²) in [7, 11) is 1.67. The van der Waals surface area contributed by atoms with E-state index in [2.05, 4.69) is 40.4 Å². The lowest BCUT2D eigenvalue weighted by molar-refractivity contribution is 0.361. The molecule has 2 unspecified atom stereocenters. The van der Waals surface area contributed by atoms with Crippen molar-refractivity contribution in [2.45, 2.75) is 18.6 Å². The van der Waals surface area contributed by atoms with Crippen LogP contribution >= 0.6 is 12.2 Å². The van der Waals surface area contributed by atoms with Crippen LogP contribution in [0.3, 0.4) is 0 Å². The normalized spacial score (nSPS) is 21.2. The van der Waals surface area contributed by atoms with Gasteiger partial charge in [0.2, 0.25) is 0 Å². The van der Waals surface area contributed by atoms with Gasteiger partial charge in [0.15, 0.2) is 0 Å². The Labute approximate surface area is 135 Å². The maximum atomic E-state index is 5.42. The zero-order chi connectivity index (χ0) is 15.4. The van der Waals surface area contributed by atoms with Gasteiger partial charge in [0, 0.05) is 0 Å². The third-order valence-corrected chi connectivity index (χ3v) is 4.14. The molecule has 1 fully saturated rings. The van der Waals surface area contributed by atoms with E-state index in [9.17, 15) is 0 Å². The van der Waals surface area contributed by atoms with Crippen LogP contribution in [-0.2, 0) is 6.42 Å². The van der Waals surface area contributed by atoms with Gasteiger partial charge in [-0.2, -0.15) is 0 Å². The van der Waals surface area contributed by atoms with Crippen molar-refractivity contribution < 1.29 is 4.74 Å². The Kier molecular flexibility index (Phi) is 4.68. The molecular weight excluding hydrogens is 294 g/mol. The van der Waals surface area contributed by atoms with Crippen molar-refractivity contribution in [1.82, 2.24) is 16.2 Å². The molecule has 0 saturated carbocycles. The largest absolute Gasteiger partial charge is 0.497 e. The summed E-state index contributed by atoms with van der Waals surface area (Å²) in [5.74, 6) is 0.866. The van der Waals surface area contributed by atoms with E-state index in [1.165, 1.54) is 11.1 Å². The molecule has 1 heterocycles. The van der Waals surface area contributed by atoms with Gasteiger partial charge in [0.25, 0.3) is 0 Å². The van der Waals surface area contributed by atoms with Gasteiger partial charge in [-0.15, -0.1) is 0 Å². The second-order valence-electron chi connectivity index (χ2n) is 5.25. The number of ether oxygens (including phenoxy) is 1. The summed E-state index contributed by atoms with van der Waals surface area (Å²) < 4.78 is 5.19. The lowest BCUT2D eigenvalue weighted by atomic mass is 10.0. The number of rotatable bonds is 4. The van der Waals surface area contributed by atoms with E-state index in [-0.39, 0.29) is 12.2 Å². The van der Waals surface area contributed by atoms with E-state index < -0.39 is 0 Å². The first-order valence-electron chi connectivity index (χ1n) is 7.25. The van der Waals surface area contributed by atoms with Crippen LogP contribution in [0.2, 0.25) is 0 Å². The topological polar surface area (TPSA) is 45.3 Å². The van der Waals surface area contributed by atoms with Crippen LogP contribution in [0.5, 0.6) is 5.75 Å². The molecule has 1 saturated heterocycles. The zero-order valence-corrected chi connectivity index (χ0v) is 13.2. The molecule has 1 aliphatic rings. The van der Waals surface area contributed by atoms with Gasteiger partial charge in [-0.1, -0.05) is 54.7 Å². The summed E-state index contributed by atoms with van der Waals surface area (Å²) in [4.78, 5) is 0.781. The van der Waals surface area contributed by atoms with Crippen LogP contribution in [0, 0.1) is 0 Å². The fourth-order valence-corrected chi connectivity index (χ4v) is 2.73. The molecule has 3 rings (SSSR count). The maximum Gasteiger partial charge on any atom is 0.118 e. The zero-order valence-electron chi connectivity index (χ0n) is 12.4. The first kappa shape index (κ1) is 15.0. The molecule has 114 valence electrons. The van der Waals surface area contributed by atoms with Crippen LogP contribution in [0.25, 0.3) is 0 Å². The molecule has 2 aromatic rings. The average molecular weight is 313 g/mol. The summed E-state index contributed by atoms with van der Waals surface area (Å²) in [6.07, 6.45) is 0.872. The Morgan fingerprint density at radius 3 is 2.45 bits per heavy atom. The van der Waals surface area contributed by atoms with Crippen molar-refractivity contribution in [2.75, 3.05) is 7.11 Å². The molecule has 2 atom stereocenters. The first-order chi connectivity index (χ1) is 10.8. The number of hydrogen-bond acceptors (Lipinski definition) is 4. The van der Waals surface area contributed by atoms with Gasteiger partial charge >= 0.3 is 0 Å². The predicted molar refractivity (Wildman–Crippen MR) is 91.7 cm³/mol. The van der Waals surface area contributed by atoms with Gasteiger partial charge in [0.05, 0.1) is 13.2 Å². The summed E-state index contributed by atoms with van der Waals surface area (Å²) >= 11 is 5.42. The standard InChI is InChI=1S/C17H19N3OS/c1-21-14-9-7-12(8-10-14)11-15-17(22)20-19-16(18-15)13-5-3-2-4-6-13/h2-10,15-16,18-19H,11H2,1H3,(H,20,22). The predicted octanol–water partition coefficient (Wildman–Crippen LogP) is 2.33. The molecule has 0 aromatic heterocycles. The Balaban J connectivity index is 1.70. The van der Waals surface area contributed by atoms with Gasteiger partial charge in [-0.3, -0.25) is 5.32 Å². The fourth-order valence-electron chi connectivity index (χ4n) is 2.52. The molecule has 0 aliphatic carbocycles. The lowest BCUT2D eigenvalue weighted by Gasteiger charge is -2.34. The van der Waals surface area contributed by atoms with E-state index in [0.29, 0.717) is 0 Å². The molecule has 4 nitrogen and oxygen atoms in total. The molecule has 22 heavy (non-hydrogen) atoms. The Bertz CT molecular complexity index is 630. The van der Waals surface area contributed by atoms with Crippen molar-refractivity contribution >= 4 is 17.2 Å². The Morgan fingerprint density at radius 2 is 1.77 bits per heavy atom. The van der Waals surface area contributed by atoms with Crippen molar-refractivity contribution in [2.24, 2.45) is 0 Å². The molecule has 0 bridgehead atoms. The highest BCUT2D eigenvalue weighted by Crippen LogP contribution is 2.17. The molecule has 0 spiro atoms. The highest BCUT2D eigenvalue weighted by molar-refractivity contribution is 7.80. The van der Waals surface area contributed by atoms with E-state index in [4.69, 9.17) is 17.0 Å². The van der Waals surface area contributed by atoms with Crippen LogP contribution < -0.4 is 20.9 Å². The van der Waals surface area contributed by atoms with Crippen molar-refractivity contribution in [1.29, 1.82) is 0 Å². The van der Waals surface area contributed by atoms with Crippen LogP contribution in [0.15, 0.2) is 54.6 Å². The van der Waals surface area contributed by atoms with Crippen molar-refractivity contribution in [3.63, 3.8) is 0 Å². The molecule has 0 amide bonds. The summed E-state index contributed by atoms with van der Waals surface area (Å²) in [6, 6.07) is 18.4. The van der Waals surface area contributed by atoms with E-state index in [0.717, 1.165) is 17.2 Å². The lowest BCUT2D eigenvalue weighted by Crippen LogP contribution is -2.60. The molecule has 3 N–H and O–H groups in total. The molecular formula is C17H19N3OS. The molecule has 1 aliphatic heterocycles. The number of benzene rings is 2. The number of nitrogens with one attached hydrogen (secondary N) is 3. The van der Waals surface area contributed by atoms with Gasteiger partial charge in [0.1, 0.15) is 16.9 Å². The highest BCUT2D eigenvalue weighted by atomic mass is 32.1. The second-order valence-corrected chi connectivity index (χ2v) is 5.69. The minimum atomic E-state index is 0.0381.